The second-order valence-corrected chi connectivity index (χ2v) is 5.36. The van der Waals surface area contributed by atoms with E-state index in [0.717, 1.165) is 9.35 Å². The second kappa shape index (κ2) is 5.07. The van der Waals surface area contributed by atoms with Gasteiger partial charge in [0.25, 0.3) is 0 Å². The number of aliphatic hydroxyl groups excluding tert-OH is 1. The monoisotopic (exact) mass is 302 g/mol. The van der Waals surface area contributed by atoms with Gasteiger partial charge in [-0.05, 0) is 35.3 Å². The molecule has 0 aliphatic heterocycles. The zero-order valence-electron chi connectivity index (χ0n) is 8.68. The maximum absolute atomic E-state index is 9.15. The van der Waals surface area contributed by atoms with Crippen LogP contribution in [-0.4, -0.2) is 21.4 Å². The Morgan fingerprint density at radius 2 is 2.44 bits per heavy atom. The molecule has 16 heavy (non-hydrogen) atoms. The molecule has 2 aromatic heterocycles. The van der Waals surface area contributed by atoms with Crippen molar-refractivity contribution >= 4 is 27.3 Å². The fraction of sp³-hybridized carbons (Fsp3) is 0.400. The van der Waals surface area contributed by atoms with Crippen LogP contribution in [0.15, 0.2) is 20.4 Å². The third kappa shape index (κ3) is 2.90. The summed E-state index contributed by atoms with van der Waals surface area (Å²) in [6.07, 6.45) is 0.902. The molecule has 0 saturated carbocycles. The average molecular weight is 303 g/mol. The molecule has 0 aliphatic rings. The molecule has 6 heteroatoms. The third-order valence-electron chi connectivity index (χ3n) is 2.03. The van der Waals surface area contributed by atoms with E-state index in [-0.39, 0.29) is 6.10 Å². The topological polar surface area (TPSA) is 59.2 Å². The van der Waals surface area contributed by atoms with E-state index in [4.69, 9.17) is 9.63 Å². The molecule has 1 unspecified atom stereocenters. The van der Waals surface area contributed by atoms with Crippen LogP contribution in [0.1, 0.15) is 19.2 Å². The molecule has 0 aromatic carbocycles. The Labute approximate surface area is 105 Å². The minimum absolute atomic E-state index is 0.341. The van der Waals surface area contributed by atoms with Crippen molar-refractivity contribution in [3.8, 4) is 10.7 Å². The quantitative estimate of drug-likeness (QED) is 0.943. The SMILES string of the molecule is CC(O)CCc1nc(-c2cc(Br)cs2)no1. The van der Waals surface area contributed by atoms with Crippen LogP contribution in [0.4, 0.5) is 0 Å². The first-order valence-corrected chi connectivity index (χ1v) is 6.57. The Bertz CT molecular complexity index is 467. The predicted molar refractivity (Wildman–Crippen MR) is 65.3 cm³/mol. The number of halogens is 1. The van der Waals surface area contributed by atoms with Gasteiger partial charge in [0.2, 0.25) is 11.7 Å². The molecule has 2 heterocycles. The summed E-state index contributed by atoms with van der Waals surface area (Å²) in [5.41, 5.74) is 0. The standard InChI is InChI=1S/C10H11BrN2O2S/c1-6(14)2-3-9-12-10(13-15-9)8-4-7(11)5-16-8/h4-6,14H,2-3H2,1H3. The van der Waals surface area contributed by atoms with Gasteiger partial charge in [-0.15, -0.1) is 11.3 Å². The largest absolute Gasteiger partial charge is 0.393 e. The van der Waals surface area contributed by atoms with Crippen LogP contribution in [-0.2, 0) is 6.42 Å². The summed E-state index contributed by atoms with van der Waals surface area (Å²) in [5, 5.41) is 15.0. The van der Waals surface area contributed by atoms with Crippen LogP contribution in [0.3, 0.4) is 0 Å². The van der Waals surface area contributed by atoms with Crippen LogP contribution >= 0.6 is 27.3 Å². The summed E-state index contributed by atoms with van der Waals surface area (Å²) in [6, 6.07) is 1.95. The van der Waals surface area contributed by atoms with E-state index in [1.54, 1.807) is 18.3 Å². The maximum Gasteiger partial charge on any atom is 0.227 e. The van der Waals surface area contributed by atoms with E-state index in [0.29, 0.717) is 24.6 Å². The number of thiophene rings is 1. The zero-order chi connectivity index (χ0) is 11.5. The van der Waals surface area contributed by atoms with Crippen molar-refractivity contribution in [3.05, 3.63) is 21.8 Å². The van der Waals surface area contributed by atoms with Gasteiger partial charge >= 0.3 is 0 Å². The number of hydrogen-bond donors (Lipinski definition) is 1. The van der Waals surface area contributed by atoms with Crippen LogP contribution in [0.2, 0.25) is 0 Å². The minimum Gasteiger partial charge on any atom is -0.393 e. The normalized spacial score (nSPS) is 12.9. The highest BCUT2D eigenvalue weighted by molar-refractivity contribution is 9.10. The van der Waals surface area contributed by atoms with Gasteiger partial charge in [-0.25, -0.2) is 0 Å². The third-order valence-corrected chi connectivity index (χ3v) is 3.72. The maximum atomic E-state index is 9.15. The minimum atomic E-state index is -0.341. The number of aromatic nitrogens is 2. The van der Waals surface area contributed by atoms with Crippen molar-refractivity contribution in [1.29, 1.82) is 0 Å². The number of aryl methyl sites for hydroxylation is 1. The summed E-state index contributed by atoms with van der Waals surface area (Å²) in [5.74, 6) is 1.18. The average Bonchev–Trinajstić information content (AvgIpc) is 2.83. The van der Waals surface area contributed by atoms with Crippen LogP contribution in [0, 0.1) is 0 Å². The lowest BCUT2D eigenvalue weighted by molar-refractivity contribution is 0.180. The Morgan fingerprint density at radius 1 is 1.62 bits per heavy atom. The van der Waals surface area contributed by atoms with Crippen LogP contribution < -0.4 is 0 Å². The van der Waals surface area contributed by atoms with E-state index in [2.05, 4.69) is 26.1 Å². The number of rotatable bonds is 4. The Morgan fingerprint density at radius 3 is 3.06 bits per heavy atom. The van der Waals surface area contributed by atoms with E-state index in [1.165, 1.54) is 0 Å². The Balaban J connectivity index is 2.07. The number of nitrogens with zero attached hydrogens (tertiary/aromatic N) is 2. The first-order valence-electron chi connectivity index (χ1n) is 4.90. The highest BCUT2D eigenvalue weighted by Crippen LogP contribution is 2.27. The molecule has 4 nitrogen and oxygen atoms in total. The van der Waals surface area contributed by atoms with Crippen LogP contribution in [0.5, 0.6) is 0 Å². The Kier molecular flexibility index (Phi) is 3.73. The highest BCUT2D eigenvalue weighted by Gasteiger charge is 2.11. The molecule has 0 fully saturated rings. The van der Waals surface area contributed by atoms with Crippen molar-refractivity contribution in [2.45, 2.75) is 25.9 Å². The van der Waals surface area contributed by atoms with Crippen molar-refractivity contribution in [2.75, 3.05) is 0 Å². The molecule has 1 atom stereocenters. The molecule has 0 aliphatic carbocycles. The van der Waals surface area contributed by atoms with Gasteiger partial charge in [0, 0.05) is 16.3 Å². The van der Waals surface area contributed by atoms with Crippen LogP contribution in [0.25, 0.3) is 10.7 Å². The van der Waals surface area contributed by atoms with E-state index in [9.17, 15) is 0 Å². The molecule has 0 bridgehead atoms. The summed E-state index contributed by atoms with van der Waals surface area (Å²) >= 11 is 4.94. The first kappa shape index (κ1) is 11.8. The molecule has 2 rings (SSSR count). The van der Waals surface area contributed by atoms with E-state index >= 15 is 0 Å². The van der Waals surface area contributed by atoms with Crippen molar-refractivity contribution in [1.82, 2.24) is 10.1 Å². The summed E-state index contributed by atoms with van der Waals surface area (Å²) in [6.45, 7) is 1.74. The van der Waals surface area contributed by atoms with Crippen molar-refractivity contribution in [2.24, 2.45) is 0 Å². The van der Waals surface area contributed by atoms with E-state index in [1.807, 2.05) is 11.4 Å². The summed E-state index contributed by atoms with van der Waals surface area (Å²) in [4.78, 5) is 5.24. The fourth-order valence-electron chi connectivity index (χ4n) is 1.22. The first-order chi connectivity index (χ1) is 7.65. The van der Waals surface area contributed by atoms with Gasteiger partial charge in [0.05, 0.1) is 11.0 Å². The molecular formula is C10H11BrN2O2S. The molecule has 2 aromatic rings. The van der Waals surface area contributed by atoms with E-state index < -0.39 is 0 Å². The molecule has 0 spiro atoms. The molecule has 0 radical (unpaired) electrons. The number of aliphatic hydroxyl groups is 1. The van der Waals surface area contributed by atoms with Gasteiger partial charge in [-0.3, -0.25) is 0 Å². The van der Waals surface area contributed by atoms with Crippen molar-refractivity contribution < 1.29 is 9.63 Å². The lowest BCUT2D eigenvalue weighted by Crippen LogP contribution is -2.01. The fourth-order valence-corrected chi connectivity index (χ4v) is 2.57. The van der Waals surface area contributed by atoms with Gasteiger partial charge in [0.1, 0.15) is 0 Å². The van der Waals surface area contributed by atoms with Crippen molar-refractivity contribution in [3.63, 3.8) is 0 Å². The highest BCUT2D eigenvalue weighted by atomic mass is 79.9. The predicted octanol–water partition coefficient (Wildman–Crippen LogP) is 2.87. The van der Waals surface area contributed by atoms with Gasteiger partial charge in [-0.2, -0.15) is 4.98 Å². The molecule has 86 valence electrons. The zero-order valence-corrected chi connectivity index (χ0v) is 11.1. The molecule has 1 N–H and O–H groups in total. The molecule has 0 saturated heterocycles. The number of hydrogen-bond acceptors (Lipinski definition) is 5. The smallest absolute Gasteiger partial charge is 0.227 e. The van der Waals surface area contributed by atoms with Gasteiger partial charge in [-0.1, -0.05) is 5.16 Å². The Hall–Kier alpha value is -0.720. The van der Waals surface area contributed by atoms with Gasteiger partial charge < -0.3 is 9.63 Å². The van der Waals surface area contributed by atoms with Gasteiger partial charge in [0.15, 0.2) is 0 Å². The molecular weight excluding hydrogens is 292 g/mol. The lowest BCUT2D eigenvalue weighted by atomic mass is 10.2. The summed E-state index contributed by atoms with van der Waals surface area (Å²) < 4.78 is 6.11. The lowest BCUT2D eigenvalue weighted by Gasteiger charge is -1.98. The molecule has 0 amide bonds. The second-order valence-electron chi connectivity index (χ2n) is 3.53. The summed E-state index contributed by atoms with van der Waals surface area (Å²) in [7, 11) is 0.